The molecule has 0 saturated heterocycles. The maximum absolute atomic E-state index is 11.8. The zero-order chi connectivity index (χ0) is 28.6. The van der Waals surface area contributed by atoms with Crippen molar-refractivity contribution in [1.82, 2.24) is 20.3 Å². The first-order chi connectivity index (χ1) is 18.8. The van der Waals surface area contributed by atoms with Crippen molar-refractivity contribution in [3.05, 3.63) is 11.9 Å². The summed E-state index contributed by atoms with van der Waals surface area (Å²) in [5.74, 6) is -0.0130. The Kier molecular flexibility index (Phi) is 21.8. The molecule has 1 aromatic rings. The van der Waals surface area contributed by atoms with Crippen molar-refractivity contribution in [2.75, 3.05) is 78.8 Å². The quantitative estimate of drug-likeness (QED) is 0.115. The molecule has 0 radical (unpaired) electrons. The third kappa shape index (κ3) is 21.4. The molecule has 1 aromatic heterocycles. The molecule has 39 heavy (non-hydrogen) atoms. The van der Waals surface area contributed by atoms with Gasteiger partial charge in [0.25, 0.3) is 0 Å². The van der Waals surface area contributed by atoms with Crippen molar-refractivity contribution in [3.63, 3.8) is 0 Å². The number of nitrogens with one attached hydrogen (secondary N) is 1. The number of aromatic nitrogens is 3. The first-order valence-corrected chi connectivity index (χ1v) is 16.7. The fourth-order valence-electron chi connectivity index (χ4n) is 3.05. The van der Waals surface area contributed by atoms with Crippen LogP contribution in [0, 0.1) is 0 Å². The fraction of sp³-hybridized carbons (Fsp3) is 0.880. The maximum atomic E-state index is 11.8. The van der Waals surface area contributed by atoms with Gasteiger partial charge in [-0.05, 0) is 38.5 Å². The lowest BCUT2D eigenvalue weighted by Crippen LogP contribution is -2.25. The van der Waals surface area contributed by atoms with Crippen molar-refractivity contribution >= 4 is 24.2 Å². The summed E-state index contributed by atoms with van der Waals surface area (Å²) in [7, 11) is 0. The molecule has 0 aromatic carbocycles. The maximum Gasteiger partial charge on any atom is 0.222 e. The number of carbonyl (C=O) groups is 1. The van der Waals surface area contributed by atoms with Crippen molar-refractivity contribution < 1.29 is 37.9 Å². The van der Waals surface area contributed by atoms with Gasteiger partial charge in [-0.1, -0.05) is 25.0 Å². The summed E-state index contributed by atoms with van der Waals surface area (Å²) in [5, 5.41) is 11.0. The van der Waals surface area contributed by atoms with Crippen LogP contribution in [0.2, 0.25) is 0 Å². The molecule has 1 amide bonds. The molecule has 2 N–H and O–H groups in total. The summed E-state index contributed by atoms with van der Waals surface area (Å²) >= 11 is 4.97. The van der Waals surface area contributed by atoms with Gasteiger partial charge in [0.05, 0.1) is 78.9 Å². The molecule has 0 saturated carbocycles. The van der Waals surface area contributed by atoms with Gasteiger partial charge < -0.3 is 38.4 Å². The van der Waals surface area contributed by atoms with E-state index in [0.717, 1.165) is 31.4 Å². The predicted molar refractivity (Wildman–Crippen MR) is 152 cm³/mol. The van der Waals surface area contributed by atoms with Crippen LogP contribution in [-0.4, -0.2) is 105 Å². The summed E-state index contributed by atoms with van der Waals surface area (Å²) in [6, 6.07) is 0.285. The van der Waals surface area contributed by atoms with E-state index in [1.54, 1.807) is 4.68 Å². The molecular weight excluding hydrogens is 547 g/mol. The molecule has 1 rings (SSSR count). The lowest BCUT2D eigenvalue weighted by molar-refractivity contribution is -0.122. The summed E-state index contributed by atoms with van der Waals surface area (Å²) in [6.07, 6.45) is 6.48. The van der Waals surface area contributed by atoms with Crippen LogP contribution >= 0.6 is 6.49 Å². The average Bonchev–Trinajstić information content (AvgIpc) is 3.39. The standard InChI is InChI=1S/C25H49N4O8PS/c1-4-38(31,39)37-11-8-6-5-7-10-26-25(30)9-12-32-13-14-33-15-16-34-17-18-35-19-20-36-22-24-21-29(23(2)3)28-27-24/h21,23H,4-20,22H2,1-3H3,(H,26,30)(H,31,39). The molecule has 0 bridgehead atoms. The first-order valence-electron chi connectivity index (χ1n) is 13.9. The molecule has 1 atom stereocenters. The Balaban J connectivity index is 1.75. The second-order valence-electron chi connectivity index (χ2n) is 9.09. The van der Waals surface area contributed by atoms with E-state index in [1.807, 2.05) is 27.0 Å². The molecule has 0 aliphatic carbocycles. The first kappa shape index (κ1) is 36.0. The van der Waals surface area contributed by atoms with E-state index in [1.165, 1.54) is 0 Å². The Bertz CT molecular complexity index is 787. The van der Waals surface area contributed by atoms with E-state index in [9.17, 15) is 9.69 Å². The average molecular weight is 597 g/mol. The van der Waals surface area contributed by atoms with Crippen LogP contribution in [0.25, 0.3) is 0 Å². The minimum absolute atomic E-state index is 0.0130. The Morgan fingerprint density at radius 1 is 0.923 bits per heavy atom. The largest absolute Gasteiger partial charge is 0.379 e. The molecular formula is C25H49N4O8PS. The van der Waals surface area contributed by atoms with Crippen LogP contribution in [0.15, 0.2) is 6.20 Å². The summed E-state index contributed by atoms with van der Waals surface area (Å²) in [4.78, 5) is 21.5. The van der Waals surface area contributed by atoms with Crippen LogP contribution < -0.4 is 5.32 Å². The highest BCUT2D eigenvalue weighted by Crippen LogP contribution is 2.41. The van der Waals surface area contributed by atoms with E-state index < -0.39 is 6.49 Å². The molecule has 0 spiro atoms. The van der Waals surface area contributed by atoms with E-state index in [2.05, 4.69) is 15.6 Å². The third-order valence-electron chi connectivity index (χ3n) is 5.38. The van der Waals surface area contributed by atoms with E-state index in [-0.39, 0.29) is 11.9 Å². The zero-order valence-electron chi connectivity index (χ0n) is 23.9. The molecule has 14 heteroatoms. The SMILES string of the molecule is CCP(O)(=S)OCCCCCCNC(=O)CCOCCOCCOCCOCCOCc1cn(C(C)C)nn1. The Morgan fingerprint density at radius 2 is 1.49 bits per heavy atom. The molecule has 1 heterocycles. The van der Waals surface area contributed by atoms with Gasteiger partial charge >= 0.3 is 0 Å². The number of unbranched alkanes of at least 4 members (excludes halogenated alkanes) is 3. The minimum atomic E-state index is -2.55. The van der Waals surface area contributed by atoms with Crippen LogP contribution in [0.4, 0.5) is 0 Å². The van der Waals surface area contributed by atoms with Crippen LogP contribution in [0.1, 0.15) is 64.6 Å². The number of rotatable bonds is 27. The summed E-state index contributed by atoms with van der Waals surface area (Å²) in [6.45, 7) is 9.14. The van der Waals surface area contributed by atoms with Gasteiger partial charge in [-0.2, -0.15) is 0 Å². The molecule has 228 valence electrons. The second kappa shape index (κ2) is 23.7. The second-order valence-corrected chi connectivity index (χ2v) is 13.0. The van der Waals surface area contributed by atoms with Crippen molar-refractivity contribution in [2.45, 2.75) is 65.5 Å². The normalized spacial score (nSPS) is 13.2. The number of ether oxygens (including phenoxy) is 5. The monoisotopic (exact) mass is 596 g/mol. The number of carbonyl (C=O) groups excluding carboxylic acids is 1. The Hall–Kier alpha value is -1.02. The van der Waals surface area contributed by atoms with Gasteiger partial charge in [0.1, 0.15) is 5.69 Å². The summed E-state index contributed by atoms with van der Waals surface area (Å²) in [5.41, 5.74) is 0.807. The van der Waals surface area contributed by atoms with E-state index in [0.29, 0.717) is 91.8 Å². The number of hydrogen-bond acceptors (Lipinski definition) is 10. The number of hydrogen-bond donors (Lipinski definition) is 2. The van der Waals surface area contributed by atoms with Gasteiger partial charge in [0.2, 0.25) is 5.91 Å². The van der Waals surface area contributed by atoms with Crippen LogP contribution in [0.5, 0.6) is 0 Å². The molecule has 0 aliphatic rings. The van der Waals surface area contributed by atoms with E-state index >= 15 is 0 Å². The lowest BCUT2D eigenvalue weighted by atomic mass is 10.2. The predicted octanol–water partition coefficient (Wildman–Crippen LogP) is 2.85. The Labute approximate surface area is 238 Å². The highest BCUT2D eigenvalue weighted by molar-refractivity contribution is 8.09. The molecule has 0 aliphatic heterocycles. The third-order valence-corrected chi connectivity index (χ3v) is 7.86. The van der Waals surface area contributed by atoms with Gasteiger partial charge in [-0.25, -0.2) is 4.68 Å². The van der Waals surface area contributed by atoms with Gasteiger partial charge in [-0.15, -0.1) is 5.10 Å². The van der Waals surface area contributed by atoms with Crippen LogP contribution in [-0.2, 0) is 51.4 Å². The number of amides is 1. The molecule has 0 fully saturated rings. The minimum Gasteiger partial charge on any atom is -0.379 e. The fourth-order valence-corrected chi connectivity index (χ4v) is 3.87. The Morgan fingerprint density at radius 3 is 2.05 bits per heavy atom. The highest BCUT2D eigenvalue weighted by Gasteiger charge is 2.09. The van der Waals surface area contributed by atoms with Crippen molar-refractivity contribution in [3.8, 4) is 0 Å². The van der Waals surface area contributed by atoms with Crippen molar-refractivity contribution in [2.24, 2.45) is 0 Å². The zero-order valence-corrected chi connectivity index (χ0v) is 25.6. The van der Waals surface area contributed by atoms with E-state index in [4.69, 9.17) is 40.0 Å². The number of nitrogens with zero attached hydrogens (tertiary/aromatic N) is 3. The highest BCUT2D eigenvalue weighted by atomic mass is 32.5. The topological polar surface area (TPSA) is 135 Å². The van der Waals surface area contributed by atoms with Gasteiger partial charge in [0.15, 0.2) is 6.49 Å². The van der Waals surface area contributed by atoms with Crippen molar-refractivity contribution in [1.29, 1.82) is 0 Å². The molecule has 12 nitrogen and oxygen atoms in total. The van der Waals surface area contributed by atoms with Gasteiger partial charge in [0, 0.05) is 25.2 Å². The molecule has 1 unspecified atom stereocenters. The smallest absolute Gasteiger partial charge is 0.222 e. The van der Waals surface area contributed by atoms with Gasteiger partial charge in [-0.3, -0.25) is 4.79 Å². The summed E-state index contributed by atoms with van der Waals surface area (Å²) < 4.78 is 34.5. The lowest BCUT2D eigenvalue weighted by Gasteiger charge is -2.13. The van der Waals surface area contributed by atoms with Crippen LogP contribution in [0.3, 0.4) is 0 Å².